The zero-order valence-electron chi connectivity index (χ0n) is 9.08. The SMILES string of the molecule is CCC1C=CC(CC)(C(=O)O)C=C1C. The zero-order valence-corrected chi connectivity index (χ0v) is 9.08. The van der Waals surface area contributed by atoms with Gasteiger partial charge in [0.05, 0.1) is 0 Å². The first-order chi connectivity index (χ1) is 6.55. The first kappa shape index (κ1) is 11.0. The van der Waals surface area contributed by atoms with Crippen LogP contribution in [0.4, 0.5) is 0 Å². The van der Waals surface area contributed by atoms with Gasteiger partial charge in [-0.1, -0.05) is 37.6 Å². The number of carboxylic acid groups (broad SMARTS) is 1. The fourth-order valence-corrected chi connectivity index (χ4v) is 1.96. The summed E-state index contributed by atoms with van der Waals surface area (Å²) in [4.78, 5) is 11.2. The molecule has 2 heteroatoms. The van der Waals surface area contributed by atoms with Crippen LogP contribution in [0, 0.1) is 11.3 Å². The Hall–Kier alpha value is -1.05. The van der Waals surface area contributed by atoms with E-state index in [4.69, 9.17) is 5.11 Å². The summed E-state index contributed by atoms with van der Waals surface area (Å²) in [5.74, 6) is -0.320. The monoisotopic (exact) mass is 194 g/mol. The Morgan fingerprint density at radius 2 is 2.21 bits per heavy atom. The molecule has 0 heterocycles. The quantitative estimate of drug-likeness (QED) is 0.701. The van der Waals surface area contributed by atoms with Crippen molar-refractivity contribution in [2.24, 2.45) is 11.3 Å². The molecule has 0 amide bonds. The molecule has 0 aliphatic heterocycles. The van der Waals surface area contributed by atoms with Gasteiger partial charge in [-0.05, 0) is 25.7 Å². The third-order valence-electron chi connectivity index (χ3n) is 3.12. The molecule has 1 N–H and O–H groups in total. The molecule has 0 saturated carbocycles. The number of allylic oxidation sites excluding steroid dienone is 2. The van der Waals surface area contributed by atoms with E-state index in [0.717, 1.165) is 6.42 Å². The predicted octanol–water partition coefficient (Wildman–Crippen LogP) is 3.01. The highest BCUT2D eigenvalue weighted by molar-refractivity contribution is 5.80. The Labute approximate surface area is 85.3 Å². The van der Waals surface area contributed by atoms with Gasteiger partial charge in [-0.3, -0.25) is 4.79 Å². The number of aliphatic carboxylic acids is 1. The van der Waals surface area contributed by atoms with Gasteiger partial charge >= 0.3 is 5.97 Å². The van der Waals surface area contributed by atoms with Crippen molar-refractivity contribution in [3.05, 3.63) is 23.8 Å². The van der Waals surface area contributed by atoms with Crippen LogP contribution < -0.4 is 0 Å². The molecule has 1 rings (SSSR count). The molecule has 14 heavy (non-hydrogen) atoms. The van der Waals surface area contributed by atoms with Crippen LogP contribution in [0.1, 0.15) is 33.6 Å². The van der Waals surface area contributed by atoms with E-state index in [1.807, 2.05) is 32.1 Å². The minimum absolute atomic E-state index is 0.425. The van der Waals surface area contributed by atoms with Crippen molar-refractivity contribution < 1.29 is 9.90 Å². The summed E-state index contributed by atoms with van der Waals surface area (Å²) in [5.41, 5.74) is 0.426. The third-order valence-corrected chi connectivity index (χ3v) is 3.12. The molecule has 0 fully saturated rings. The molecule has 2 atom stereocenters. The van der Waals surface area contributed by atoms with Crippen LogP contribution >= 0.6 is 0 Å². The molecule has 2 nitrogen and oxygen atoms in total. The fraction of sp³-hybridized carbons (Fsp3) is 0.583. The van der Waals surface area contributed by atoms with Crippen LogP contribution in [0.15, 0.2) is 23.8 Å². The van der Waals surface area contributed by atoms with Crippen LogP contribution in [-0.2, 0) is 4.79 Å². The molecule has 0 bridgehead atoms. The highest BCUT2D eigenvalue weighted by atomic mass is 16.4. The molecule has 1 aliphatic rings. The maximum absolute atomic E-state index is 11.2. The summed E-state index contributed by atoms with van der Waals surface area (Å²) in [6.45, 7) is 6.05. The van der Waals surface area contributed by atoms with Crippen molar-refractivity contribution >= 4 is 5.97 Å². The van der Waals surface area contributed by atoms with Gasteiger partial charge in [0.15, 0.2) is 0 Å². The summed E-state index contributed by atoms with van der Waals surface area (Å²) in [6, 6.07) is 0. The predicted molar refractivity (Wildman–Crippen MR) is 57.0 cm³/mol. The molecule has 0 aromatic rings. The largest absolute Gasteiger partial charge is 0.480 e. The van der Waals surface area contributed by atoms with Crippen molar-refractivity contribution in [3.8, 4) is 0 Å². The molecular weight excluding hydrogens is 176 g/mol. The van der Waals surface area contributed by atoms with Gasteiger partial charge in [-0.25, -0.2) is 0 Å². The van der Waals surface area contributed by atoms with E-state index in [1.54, 1.807) is 0 Å². The molecule has 0 saturated heterocycles. The summed E-state index contributed by atoms with van der Waals surface area (Å²) in [5, 5.41) is 9.17. The van der Waals surface area contributed by atoms with E-state index in [9.17, 15) is 4.79 Å². The lowest BCUT2D eigenvalue weighted by molar-refractivity contribution is -0.143. The van der Waals surface area contributed by atoms with Crippen LogP contribution in [-0.4, -0.2) is 11.1 Å². The number of hydrogen-bond acceptors (Lipinski definition) is 1. The summed E-state index contributed by atoms with van der Waals surface area (Å²) in [6.07, 6.45) is 7.44. The van der Waals surface area contributed by atoms with E-state index >= 15 is 0 Å². The van der Waals surface area contributed by atoms with E-state index < -0.39 is 11.4 Å². The molecule has 0 radical (unpaired) electrons. The number of rotatable bonds is 3. The van der Waals surface area contributed by atoms with Crippen LogP contribution in [0.5, 0.6) is 0 Å². The Morgan fingerprint density at radius 1 is 1.57 bits per heavy atom. The first-order valence-electron chi connectivity index (χ1n) is 5.18. The highest BCUT2D eigenvalue weighted by Gasteiger charge is 2.34. The van der Waals surface area contributed by atoms with Crippen LogP contribution in [0.3, 0.4) is 0 Å². The molecule has 0 spiro atoms. The number of carboxylic acids is 1. The van der Waals surface area contributed by atoms with Gasteiger partial charge in [0, 0.05) is 0 Å². The smallest absolute Gasteiger partial charge is 0.317 e. The molecule has 0 aromatic carbocycles. The first-order valence-corrected chi connectivity index (χ1v) is 5.18. The molecule has 0 aromatic heterocycles. The zero-order chi connectivity index (χ0) is 10.8. The van der Waals surface area contributed by atoms with Crippen LogP contribution in [0.2, 0.25) is 0 Å². The lowest BCUT2D eigenvalue weighted by Crippen LogP contribution is -2.29. The van der Waals surface area contributed by atoms with Crippen molar-refractivity contribution in [3.63, 3.8) is 0 Å². The fourth-order valence-electron chi connectivity index (χ4n) is 1.96. The lowest BCUT2D eigenvalue weighted by Gasteiger charge is -2.28. The lowest BCUT2D eigenvalue weighted by atomic mass is 9.76. The molecular formula is C12H18O2. The van der Waals surface area contributed by atoms with Crippen molar-refractivity contribution in [2.75, 3.05) is 0 Å². The van der Waals surface area contributed by atoms with Gasteiger partial charge in [0.1, 0.15) is 5.41 Å². The number of carbonyl (C=O) groups is 1. The average Bonchev–Trinajstić information content (AvgIpc) is 2.17. The summed E-state index contributed by atoms with van der Waals surface area (Å²) < 4.78 is 0. The van der Waals surface area contributed by atoms with Gasteiger partial charge < -0.3 is 5.11 Å². The minimum Gasteiger partial charge on any atom is -0.480 e. The maximum Gasteiger partial charge on any atom is 0.317 e. The molecule has 2 unspecified atom stereocenters. The average molecular weight is 194 g/mol. The van der Waals surface area contributed by atoms with Gasteiger partial charge in [-0.2, -0.15) is 0 Å². The van der Waals surface area contributed by atoms with Crippen molar-refractivity contribution in [1.82, 2.24) is 0 Å². The number of hydrogen-bond donors (Lipinski definition) is 1. The Balaban J connectivity index is 3.01. The second kappa shape index (κ2) is 3.99. The Kier molecular flexibility index (Phi) is 3.14. The summed E-state index contributed by atoms with van der Waals surface area (Å²) >= 11 is 0. The van der Waals surface area contributed by atoms with E-state index in [0.29, 0.717) is 12.3 Å². The standard InChI is InChI=1S/C12H18O2/c1-4-10-6-7-12(5-2,11(13)14)8-9(10)3/h6-8,10H,4-5H2,1-3H3,(H,13,14). The molecule has 1 aliphatic carbocycles. The normalized spacial score (nSPS) is 31.4. The Bertz CT molecular complexity index is 289. The van der Waals surface area contributed by atoms with Crippen molar-refractivity contribution in [2.45, 2.75) is 33.6 Å². The van der Waals surface area contributed by atoms with E-state index in [1.165, 1.54) is 5.57 Å². The van der Waals surface area contributed by atoms with Gasteiger partial charge in [0.2, 0.25) is 0 Å². The van der Waals surface area contributed by atoms with Crippen LogP contribution in [0.25, 0.3) is 0 Å². The van der Waals surface area contributed by atoms with E-state index in [2.05, 4.69) is 6.92 Å². The minimum atomic E-state index is -0.754. The second-order valence-electron chi connectivity index (χ2n) is 3.96. The molecule has 78 valence electrons. The van der Waals surface area contributed by atoms with Gasteiger partial charge in [-0.15, -0.1) is 0 Å². The second-order valence-corrected chi connectivity index (χ2v) is 3.96. The highest BCUT2D eigenvalue weighted by Crippen LogP contribution is 2.35. The van der Waals surface area contributed by atoms with Gasteiger partial charge in [0.25, 0.3) is 0 Å². The van der Waals surface area contributed by atoms with E-state index in [-0.39, 0.29) is 0 Å². The topological polar surface area (TPSA) is 37.3 Å². The summed E-state index contributed by atoms with van der Waals surface area (Å²) in [7, 11) is 0. The Morgan fingerprint density at radius 3 is 2.57 bits per heavy atom. The maximum atomic E-state index is 11.2. The third kappa shape index (κ3) is 1.74. The van der Waals surface area contributed by atoms with Crippen molar-refractivity contribution in [1.29, 1.82) is 0 Å².